The van der Waals surface area contributed by atoms with E-state index in [4.69, 9.17) is 0 Å². The van der Waals surface area contributed by atoms with Crippen LogP contribution >= 0.6 is 0 Å². The summed E-state index contributed by atoms with van der Waals surface area (Å²) in [4.78, 5) is 23.1. The number of carbonyl (C=O) groups excluding carboxylic acids is 1. The molecule has 0 unspecified atom stereocenters. The Kier molecular flexibility index (Phi) is 4.48. The predicted molar refractivity (Wildman–Crippen MR) is 80.8 cm³/mol. The van der Waals surface area contributed by atoms with Crippen molar-refractivity contribution in [1.29, 1.82) is 0 Å². The zero-order valence-corrected chi connectivity index (χ0v) is 12.8. The number of aromatic nitrogens is 2. The van der Waals surface area contributed by atoms with Crippen LogP contribution in [0.15, 0.2) is 6.20 Å². The van der Waals surface area contributed by atoms with Gasteiger partial charge in [0.15, 0.2) is 0 Å². The summed E-state index contributed by atoms with van der Waals surface area (Å²) in [5.41, 5.74) is 2.39. The molecule has 5 nitrogen and oxygen atoms in total. The fourth-order valence-electron chi connectivity index (χ4n) is 3.28. The molecule has 5 heteroatoms. The van der Waals surface area contributed by atoms with Crippen molar-refractivity contribution in [1.82, 2.24) is 20.2 Å². The van der Waals surface area contributed by atoms with Crippen LogP contribution in [0.2, 0.25) is 0 Å². The van der Waals surface area contributed by atoms with E-state index >= 15 is 0 Å². The van der Waals surface area contributed by atoms with E-state index in [1.54, 1.807) is 0 Å². The molecule has 114 valence electrons. The van der Waals surface area contributed by atoms with Crippen LogP contribution in [0, 0.1) is 6.92 Å². The van der Waals surface area contributed by atoms with Crippen LogP contribution < -0.4 is 5.32 Å². The Morgan fingerprint density at radius 3 is 3.05 bits per heavy atom. The van der Waals surface area contributed by atoms with Crippen LogP contribution in [-0.2, 0) is 17.8 Å². The number of carbonyl (C=O) groups is 1. The number of nitrogens with zero attached hydrogens (tertiary/aromatic N) is 3. The van der Waals surface area contributed by atoms with E-state index < -0.39 is 0 Å². The lowest BCUT2D eigenvalue weighted by atomic mass is 10.1. The lowest BCUT2D eigenvalue weighted by molar-refractivity contribution is -0.122. The van der Waals surface area contributed by atoms with E-state index in [0.29, 0.717) is 12.5 Å². The molecule has 21 heavy (non-hydrogen) atoms. The summed E-state index contributed by atoms with van der Waals surface area (Å²) < 4.78 is 0. The van der Waals surface area contributed by atoms with Gasteiger partial charge in [0.25, 0.3) is 0 Å². The Morgan fingerprint density at radius 1 is 1.43 bits per heavy atom. The number of fused-ring (bicyclic) bond motifs is 1. The first-order chi connectivity index (χ1) is 10.2. The Hall–Kier alpha value is -1.49. The number of aryl methyl sites for hydroxylation is 1. The van der Waals surface area contributed by atoms with Crippen LogP contribution in [-0.4, -0.2) is 39.9 Å². The maximum Gasteiger partial charge on any atom is 0.221 e. The first-order valence-electron chi connectivity index (χ1n) is 8.04. The van der Waals surface area contributed by atoms with Crippen molar-refractivity contribution in [3.8, 4) is 0 Å². The zero-order valence-electron chi connectivity index (χ0n) is 12.8. The molecule has 0 atom stereocenters. The third-order valence-electron chi connectivity index (χ3n) is 4.52. The van der Waals surface area contributed by atoms with E-state index in [2.05, 4.69) is 20.2 Å². The van der Waals surface area contributed by atoms with Crippen molar-refractivity contribution in [3.05, 3.63) is 23.3 Å². The molecule has 0 aromatic carbocycles. The lowest BCUT2D eigenvalue weighted by Crippen LogP contribution is -2.37. The molecule has 0 bridgehead atoms. The standard InChI is InChI=1S/C16H24N4O/c1-12-17-10-13-6-8-20(11-15(13)18-12)9-7-16(21)19-14-4-2-3-5-14/h10,14H,2-9,11H2,1H3,(H,19,21). The summed E-state index contributed by atoms with van der Waals surface area (Å²) in [5.74, 6) is 1.03. The molecular formula is C16H24N4O. The highest BCUT2D eigenvalue weighted by Crippen LogP contribution is 2.18. The molecule has 1 aliphatic carbocycles. The fourth-order valence-corrected chi connectivity index (χ4v) is 3.28. The minimum Gasteiger partial charge on any atom is -0.353 e. The molecular weight excluding hydrogens is 264 g/mol. The SMILES string of the molecule is Cc1ncc2c(n1)CN(CCC(=O)NC1CCCC1)CC2. The summed E-state index contributed by atoms with van der Waals surface area (Å²) in [5, 5.41) is 3.16. The number of hydrogen-bond acceptors (Lipinski definition) is 4. The van der Waals surface area contributed by atoms with E-state index in [1.165, 1.54) is 18.4 Å². The highest BCUT2D eigenvalue weighted by molar-refractivity contribution is 5.76. The molecule has 2 aliphatic rings. The average molecular weight is 288 g/mol. The Labute approximate surface area is 126 Å². The molecule has 0 spiro atoms. The third-order valence-corrected chi connectivity index (χ3v) is 4.52. The Bertz CT molecular complexity index is 511. The minimum atomic E-state index is 0.201. The highest BCUT2D eigenvalue weighted by atomic mass is 16.1. The molecule has 1 aromatic heterocycles. The third kappa shape index (κ3) is 3.79. The van der Waals surface area contributed by atoms with E-state index in [9.17, 15) is 4.79 Å². The molecule has 1 aromatic rings. The van der Waals surface area contributed by atoms with Crippen molar-refractivity contribution in [2.75, 3.05) is 13.1 Å². The van der Waals surface area contributed by atoms with Gasteiger partial charge >= 0.3 is 0 Å². The van der Waals surface area contributed by atoms with Gasteiger partial charge in [-0.3, -0.25) is 9.69 Å². The van der Waals surface area contributed by atoms with Crippen LogP contribution in [0.1, 0.15) is 49.2 Å². The number of amides is 1. The number of rotatable bonds is 4. The van der Waals surface area contributed by atoms with Crippen molar-refractivity contribution < 1.29 is 4.79 Å². The van der Waals surface area contributed by atoms with Crippen molar-refractivity contribution in [3.63, 3.8) is 0 Å². The quantitative estimate of drug-likeness (QED) is 0.914. The molecule has 0 radical (unpaired) electrons. The first-order valence-corrected chi connectivity index (χ1v) is 8.04. The molecule has 1 N–H and O–H groups in total. The minimum absolute atomic E-state index is 0.201. The number of nitrogens with one attached hydrogen (secondary N) is 1. The van der Waals surface area contributed by atoms with Crippen molar-refractivity contribution >= 4 is 5.91 Å². The zero-order chi connectivity index (χ0) is 14.7. The van der Waals surface area contributed by atoms with E-state index in [1.807, 2.05) is 13.1 Å². The fraction of sp³-hybridized carbons (Fsp3) is 0.688. The molecule has 0 saturated heterocycles. The predicted octanol–water partition coefficient (Wildman–Crippen LogP) is 1.59. The lowest BCUT2D eigenvalue weighted by Gasteiger charge is -2.27. The van der Waals surface area contributed by atoms with Crippen LogP contribution in [0.25, 0.3) is 0 Å². The van der Waals surface area contributed by atoms with Crippen LogP contribution in [0.4, 0.5) is 0 Å². The van der Waals surface area contributed by atoms with Gasteiger partial charge < -0.3 is 5.32 Å². The summed E-state index contributed by atoms with van der Waals surface area (Å²) in [6, 6.07) is 0.426. The molecule has 1 saturated carbocycles. The monoisotopic (exact) mass is 288 g/mol. The second-order valence-corrected chi connectivity index (χ2v) is 6.21. The molecule has 1 amide bonds. The van der Waals surface area contributed by atoms with Gasteiger partial charge in [-0.15, -0.1) is 0 Å². The van der Waals surface area contributed by atoms with Gasteiger partial charge in [0, 0.05) is 38.3 Å². The van der Waals surface area contributed by atoms with Gasteiger partial charge in [-0.1, -0.05) is 12.8 Å². The highest BCUT2D eigenvalue weighted by Gasteiger charge is 2.20. The van der Waals surface area contributed by atoms with Crippen molar-refractivity contribution in [2.24, 2.45) is 0 Å². The topological polar surface area (TPSA) is 58.1 Å². The second kappa shape index (κ2) is 6.52. The number of hydrogen-bond donors (Lipinski definition) is 1. The Balaban J connectivity index is 1.47. The van der Waals surface area contributed by atoms with Gasteiger partial charge in [-0.25, -0.2) is 9.97 Å². The average Bonchev–Trinajstić information content (AvgIpc) is 2.97. The molecule has 1 fully saturated rings. The van der Waals surface area contributed by atoms with Crippen LogP contribution in [0.5, 0.6) is 0 Å². The largest absolute Gasteiger partial charge is 0.353 e. The molecule has 3 rings (SSSR count). The van der Waals surface area contributed by atoms with Gasteiger partial charge in [0.2, 0.25) is 5.91 Å². The Morgan fingerprint density at radius 2 is 2.24 bits per heavy atom. The van der Waals surface area contributed by atoms with Gasteiger partial charge in [-0.05, 0) is 31.7 Å². The maximum atomic E-state index is 12.0. The second-order valence-electron chi connectivity index (χ2n) is 6.21. The maximum absolute atomic E-state index is 12.0. The summed E-state index contributed by atoms with van der Waals surface area (Å²) >= 11 is 0. The van der Waals surface area contributed by atoms with Crippen LogP contribution in [0.3, 0.4) is 0 Å². The van der Waals surface area contributed by atoms with Gasteiger partial charge in [0.05, 0.1) is 5.69 Å². The van der Waals surface area contributed by atoms with E-state index in [0.717, 1.165) is 50.4 Å². The first kappa shape index (κ1) is 14.4. The summed E-state index contributed by atoms with van der Waals surface area (Å²) in [6.07, 6.45) is 8.34. The molecule has 1 aliphatic heterocycles. The van der Waals surface area contributed by atoms with Crippen molar-refractivity contribution in [2.45, 2.75) is 58.0 Å². The summed E-state index contributed by atoms with van der Waals surface area (Å²) in [7, 11) is 0. The van der Waals surface area contributed by atoms with E-state index in [-0.39, 0.29) is 5.91 Å². The van der Waals surface area contributed by atoms with Gasteiger partial charge in [-0.2, -0.15) is 0 Å². The smallest absolute Gasteiger partial charge is 0.221 e. The molecule has 2 heterocycles. The van der Waals surface area contributed by atoms with Gasteiger partial charge in [0.1, 0.15) is 5.82 Å². The summed E-state index contributed by atoms with van der Waals surface area (Å²) in [6.45, 7) is 4.58. The normalized spacial score (nSPS) is 19.5.